The van der Waals surface area contributed by atoms with Crippen molar-refractivity contribution in [2.75, 3.05) is 7.05 Å². The van der Waals surface area contributed by atoms with E-state index in [-0.39, 0.29) is 18.4 Å². The zero-order valence-electron chi connectivity index (χ0n) is 8.03. The number of benzene rings is 1. The Morgan fingerprint density at radius 2 is 1.77 bits per heavy atom. The molecule has 1 aromatic rings. The lowest BCUT2D eigenvalue weighted by Gasteiger charge is -2.19. The molecule has 74 valence electrons. The van der Waals surface area contributed by atoms with Crippen LogP contribution in [0.2, 0.25) is 0 Å². The predicted molar refractivity (Wildman–Crippen MR) is 59.1 cm³/mol. The van der Waals surface area contributed by atoms with Gasteiger partial charge in [-0.2, -0.15) is 0 Å². The minimum Gasteiger partial charge on any atom is -0.323 e. The normalized spacial score (nSPS) is 14.4. The summed E-state index contributed by atoms with van der Waals surface area (Å²) in [6, 6.07) is 10.5. The molecule has 0 heterocycles. The molecule has 1 rings (SSSR count). The highest BCUT2D eigenvalue weighted by molar-refractivity contribution is 5.85. The van der Waals surface area contributed by atoms with E-state index in [1.54, 1.807) is 0 Å². The van der Waals surface area contributed by atoms with Gasteiger partial charge in [0, 0.05) is 12.1 Å². The Bertz CT molecular complexity index is 226. The molecule has 2 atom stereocenters. The van der Waals surface area contributed by atoms with Crippen molar-refractivity contribution in [3.05, 3.63) is 35.9 Å². The van der Waals surface area contributed by atoms with Crippen molar-refractivity contribution < 1.29 is 0 Å². The largest absolute Gasteiger partial charge is 0.323 e. The van der Waals surface area contributed by atoms with Gasteiger partial charge >= 0.3 is 0 Å². The Morgan fingerprint density at radius 3 is 2.23 bits per heavy atom. The highest BCUT2D eigenvalue weighted by Gasteiger charge is 2.11. The molecule has 0 saturated heterocycles. The summed E-state index contributed by atoms with van der Waals surface area (Å²) in [5.41, 5.74) is 7.17. The third-order valence-electron chi connectivity index (χ3n) is 2.18. The highest BCUT2D eigenvalue weighted by Crippen LogP contribution is 2.12. The van der Waals surface area contributed by atoms with Gasteiger partial charge in [0.2, 0.25) is 0 Å². The summed E-state index contributed by atoms with van der Waals surface area (Å²) in [6.45, 7) is 2.08. The molecule has 2 unspecified atom stereocenters. The summed E-state index contributed by atoms with van der Waals surface area (Å²) >= 11 is 0. The summed E-state index contributed by atoms with van der Waals surface area (Å²) in [6.07, 6.45) is 0. The molecule has 0 fully saturated rings. The van der Waals surface area contributed by atoms with E-state index in [0.29, 0.717) is 6.04 Å². The minimum absolute atomic E-state index is 0. The average Bonchev–Trinajstić information content (AvgIpc) is 2.17. The second kappa shape index (κ2) is 5.97. The number of likely N-dealkylation sites (N-methyl/N-ethyl adjacent to an activating group) is 1. The van der Waals surface area contributed by atoms with Gasteiger partial charge in [-0.05, 0) is 19.5 Å². The first-order valence-corrected chi connectivity index (χ1v) is 4.23. The topological polar surface area (TPSA) is 38.0 Å². The van der Waals surface area contributed by atoms with Crippen LogP contribution in [0.4, 0.5) is 0 Å². The highest BCUT2D eigenvalue weighted by atomic mass is 35.5. The molecule has 1 aromatic carbocycles. The van der Waals surface area contributed by atoms with Crippen LogP contribution in [0.15, 0.2) is 30.3 Å². The quantitative estimate of drug-likeness (QED) is 0.780. The Hall–Kier alpha value is -0.570. The maximum Gasteiger partial charge on any atom is 0.0448 e. The molecule has 0 aromatic heterocycles. The van der Waals surface area contributed by atoms with Gasteiger partial charge < -0.3 is 11.1 Å². The van der Waals surface area contributed by atoms with Crippen LogP contribution >= 0.6 is 12.4 Å². The van der Waals surface area contributed by atoms with Crippen LogP contribution in [-0.2, 0) is 0 Å². The molecule has 3 heteroatoms. The number of halogens is 1. The number of hydrogen-bond donors (Lipinski definition) is 2. The molecule has 0 saturated carbocycles. The van der Waals surface area contributed by atoms with Gasteiger partial charge in [0.15, 0.2) is 0 Å². The number of rotatable bonds is 3. The smallest absolute Gasteiger partial charge is 0.0448 e. The van der Waals surface area contributed by atoms with E-state index in [2.05, 4.69) is 24.4 Å². The second-order valence-electron chi connectivity index (χ2n) is 3.01. The van der Waals surface area contributed by atoms with Crippen LogP contribution in [-0.4, -0.2) is 13.1 Å². The van der Waals surface area contributed by atoms with Crippen LogP contribution in [0.5, 0.6) is 0 Å². The molecule has 0 spiro atoms. The van der Waals surface area contributed by atoms with Crippen molar-refractivity contribution >= 4 is 12.4 Å². The summed E-state index contributed by atoms with van der Waals surface area (Å²) in [7, 11) is 1.92. The summed E-state index contributed by atoms with van der Waals surface area (Å²) in [5.74, 6) is 0. The van der Waals surface area contributed by atoms with Crippen molar-refractivity contribution in [3.63, 3.8) is 0 Å². The van der Waals surface area contributed by atoms with Gasteiger partial charge in [-0.25, -0.2) is 0 Å². The van der Waals surface area contributed by atoms with E-state index in [9.17, 15) is 0 Å². The van der Waals surface area contributed by atoms with Crippen molar-refractivity contribution in [2.45, 2.75) is 19.0 Å². The van der Waals surface area contributed by atoms with Crippen molar-refractivity contribution in [1.29, 1.82) is 0 Å². The Balaban J connectivity index is 0.00000144. The Labute approximate surface area is 85.9 Å². The molecule has 0 radical (unpaired) electrons. The van der Waals surface area contributed by atoms with Gasteiger partial charge in [-0.3, -0.25) is 0 Å². The van der Waals surface area contributed by atoms with Crippen molar-refractivity contribution in [1.82, 2.24) is 5.32 Å². The summed E-state index contributed by atoms with van der Waals surface area (Å²) < 4.78 is 0. The maximum absolute atomic E-state index is 5.99. The minimum atomic E-state index is 0. The molecular weight excluding hydrogens is 184 g/mol. The molecule has 2 nitrogen and oxygen atoms in total. The standard InChI is InChI=1S/C10H16N2.ClH/c1-8(12-2)10(11)9-6-4-3-5-7-9;/h3-8,10,12H,11H2,1-2H3;1H. The van der Waals surface area contributed by atoms with Gasteiger partial charge in [-0.1, -0.05) is 30.3 Å². The predicted octanol–water partition coefficient (Wildman–Crippen LogP) is 1.72. The molecule has 0 aliphatic rings. The zero-order valence-corrected chi connectivity index (χ0v) is 8.84. The SMILES string of the molecule is CNC(C)C(N)c1ccccc1.Cl. The van der Waals surface area contributed by atoms with Gasteiger partial charge in [0.1, 0.15) is 0 Å². The average molecular weight is 201 g/mol. The van der Waals surface area contributed by atoms with E-state index >= 15 is 0 Å². The lowest BCUT2D eigenvalue weighted by atomic mass is 10.0. The second-order valence-corrected chi connectivity index (χ2v) is 3.01. The molecule has 13 heavy (non-hydrogen) atoms. The third kappa shape index (κ3) is 3.35. The van der Waals surface area contributed by atoms with Gasteiger partial charge in [0.05, 0.1) is 0 Å². The van der Waals surface area contributed by atoms with E-state index < -0.39 is 0 Å². The van der Waals surface area contributed by atoms with Crippen LogP contribution in [0.3, 0.4) is 0 Å². The molecule has 0 bridgehead atoms. The van der Waals surface area contributed by atoms with Gasteiger partial charge in [0.25, 0.3) is 0 Å². The first-order chi connectivity index (χ1) is 5.75. The lowest BCUT2D eigenvalue weighted by Crippen LogP contribution is -2.34. The van der Waals surface area contributed by atoms with Crippen molar-refractivity contribution in [2.24, 2.45) is 5.73 Å². The van der Waals surface area contributed by atoms with Crippen LogP contribution in [0, 0.1) is 0 Å². The lowest BCUT2D eigenvalue weighted by molar-refractivity contribution is 0.507. The van der Waals surface area contributed by atoms with E-state index in [1.165, 1.54) is 5.56 Å². The fourth-order valence-corrected chi connectivity index (χ4v) is 1.14. The first kappa shape index (κ1) is 12.4. The van der Waals surface area contributed by atoms with Crippen LogP contribution in [0.1, 0.15) is 18.5 Å². The third-order valence-corrected chi connectivity index (χ3v) is 2.18. The van der Waals surface area contributed by atoms with Gasteiger partial charge in [-0.15, -0.1) is 12.4 Å². The fourth-order valence-electron chi connectivity index (χ4n) is 1.14. The number of nitrogens with two attached hydrogens (primary N) is 1. The van der Waals surface area contributed by atoms with E-state index in [1.807, 2.05) is 25.2 Å². The summed E-state index contributed by atoms with van der Waals surface area (Å²) in [5, 5.41) is 3.14. The molecule has 0 aliphatic carbocycles. The van der Waals surface area contributed by atoms with Crippen LogP contribution < -0.4 is 11.1 Å². The summed E-state index contributed by atoms with van der Waals surface area (Å²) in [4.78, 5) is 0. The van der Waals surface area contributed by atoms with Crippen molar-refractivity contribution in [3.8, 4) is 0 Å². The molecule has 0 amide bonds. The molecule has 0 aliphatic heterocycles. The number of nitrogens with one attached hydrogen (secondary N) is 1. The first-order valence-electron chi connectivity index (χ1n) is 4.23. The molecular formula is C10H17ClN2. The maximum atomic E-state index is 5.99. The van der Waals surface area contributed by atoms with Crippen LogP contribution in [0.25, 0.3) is 0 Å². The van der Waals surface area contributed by atoms with E-state index in [4.69, 9.17) is 5.73 Å². The van der Waals surface area contributed by atoms with E-state index in [0.717, 1.165) is 0 Å². The Morgan fingerprint density at radius 1 is 1.23 bits per heavy atom. The Kier molecular flexibility index (Phi) is 5.71. The monoisotopic (exact) mass is 200 g/mol. The zero-order chi connectivity index (χ0) is 8.97. The number of hydrogen-bond acceptors (Lipinski definition) is 2. The fraction of sp³-hybridized carbons (Fsp3) is 0.400. The molecule has 3 N–H and O–H groups in total.